The molecule has 2 heteroatoms. The van der Waals surface area contributed by atoms with E-state index < -0.39 is 0 Å². The van der Waals surface area contributed by atoms with E-state index in [1.54, 1.807) is 0 Å². The molecule has 0 spiro atoms. The average molecular weight is 865 g/mol. The van der Waals surface area contributed by atoms with Crippen LogP contribution < -0.4 is 0 Å². The molecule has 0 N–H and O–H groups in total. The minimum Gasteiger partial charge on any atom is -0.340 e. The van der Waals surface area contributed by atoms with E-state index in [4.69, 9.17) is 0 Å². The molecular weight excluding hydrogens is 821 g/mol. The first-order valence-electron chi connectivity index (χ1n) is 24.5. The lowest BCUT2D eigenvalue weighted by Gasteiger charge is -2.40. The van der Waals surface area contributed by atoms with Gasteiger partial charge in [0, 0.05) is 68.3 Å². The van der Waals surface area contributed by atoms with E-state index >= 15 is 0 Å². The maximum Gasteiger partial charge on any atom is 0.0584 e. The van der Waals surface area contributed by atoms with Crippen molar-refractivity contribution >= 4 is 114 Å². The van der Waals surface area contributed by atoms with Crippen molar-refractivity contribution in [1.29, 1.82) is 0 Å². The molecular formula is C66H44N2. The SMILES string of the molecule is CCn1c2ccc(C3=C4C=CC5=CC=CC6=CC=C(C=C3)C4C56)cc2c2c3ccccc3c3c(c4ccccc4c4c5cc(-c6ccc7ccc8cccc9ccc6c7c89)ccc5n(CC)c43)c21. The second-order valence-corrected chi connectivity index (χ2v) is 19.6. The highest BCUT2D eigenvalue weighted by Gasteiger charge is 2.38. The Bertz CT molecular complexity index is 4550. The molecule has 0 saturated carbocycles. The molecule has 4 aliphatic rings. The molecule has 2 atom stereocenters. The van der Waals surface area contributed by atoms with Crippen LogP contribution in [0.3, 0.4) is 0 Å². The lowest BCUT2D eigenvalue weighted by molar-refractivity contribution is 0.566. The number of hydrogen-bond donors (Lipinski definition) is 0. The Labute approximate surface area is 393 Å². The highest BCUT2D eigenvalue weighted by molar-refractivity contribution is 6.44. The molecule has 4 aliphatic carbocycles. The molecule has 2 aromatic heterocycles. The topological polar surface area (TPSA) is 9.86 Å². The van der Waals surface area contributed by atoms with Crippen molar-refractivity contribution in [1.82, 2.24) is 9.13 Å². The maximum absolute atomic E-state index is 2.62. The fourth-order valence-corrected chi connectivity index (χ4v) is 13.8. The van der Waals surface area contributed by atoms with Gasteiger partial charge in [-0.1, -0.05) is 170 Å². The predicted molar refractivity (Wildman–Crippen MR) is 291 cm³/mol. The van der Waals surface area contributed by atoms with Gasteiger partial charge in [0.15, 0.2) is 0 Å². The van der Waals surface area contributed by atoms with Crippen LogP contribution in [-0.4, -0.2) is 9.13 Å². The van der Waals surface area contributed by atoms with Gasteiger partial charge in [-0.15, -0.1) is 0 Å². The molecule has 68 heavy (non-hydrogen) atoms. The Morgan fingerprint density at radius 2 is 0.926 bits per heavy atom. The van der Waals surface area contributed by atoms with E-state index in [1.807, 2.05) is 0 Å². The second kappa shape index (κ2) is 13.2. The molecule has 0 bridgehead atoms. The van der Waals surface area contributed by atoms with Crippen LogP contribution >= 0.6 is 0 Å². The van der Waals surface area contributed by atoms with E-state index in [0.717, 1.165) is 13.1 Å². The van der Waals surface area contributed by atoms with Crippen LogP contribution in [-0.2, 0) is 13.1 Å². The Kier molecular flexibility index (Phi) is 7.20. The zero-order valence-corrected chi connectivity index (χ0v) is 37.9. The summed E-state index contributed by atoms with van der Waals surface area (Å²) < 4.78 is 5.23. The number of allylic oxidation sites excluding steroid dienone is 14. The molecule has 0 fully saturated rings. The van der Waals surface area contributed by atoms with E-state index in [2.05, 4.69) is 217 Å². The Balaban J connectivity index is 0.997. The summed E-state index contributed by atoms with van der Waals surface area (Å²) in [6.07, 6.45) is 21.0. The number of rotatable bonds is 4. The predicted octanol–water partition coefficient (Wildman–Crippen LogP) is 17.5. The minimum absolute atomic E-state index is 0.338. The van der Waals surface area contributed by atoms with Crippen molar-refractivity contribution in [2.75, 3.05) is 0 Å². The lowest BCUT2D eigenvalue weighted by Crippen LogP contribution is -2.29. The van der Waals surface area contributed by atoms with Crippen LogP contribution in [0.5, 0.6) is 0 Å². The van der Waals surface area contributed by atoms with Crippen molar-refractivity contribution in [3.8, 4) is 11.1 Å². The molecule has 2 unspecified atom stereocenters. The van der Waals surface area contributed by atoms with E-state index in [0.29, 0.717) is 11.8 Å². The first-order chi connectivity index (χ1) is 33.7. The first kappa shape index (κ1) is 37.0. The number of aromatic nitrogens is 2. The van der Waals surface area contributed by atoms with Gasteiger partial charge in [-0.3, -0.25) is 0 Å². The first-order valence-corrected chi connectivity index (χ1v) is 24.5. The second-order valence-electron chi connectivity index (χ2n) is 19.6. The molecule has 0 amide bonds. The van der Waals surface area contributed by atoms with Gasteiger partial charge in [0.25, 0.3) is 0 Å². The molecule has 10 aromatic carbocycles. The summed E-state index contributed by atoms with van der Waals surface area (Å²) in [5, 5.41) is 21.2. The number of fused-ring (bicyclic) bond motifs is 15. The van der Waals surface area contributed by atoms with Crippen LogP contribution in [0.4, 0.5) is 0 Å². The molecule has 12 aromatic rings. The van der Waals surface area contributed by atoms with Crippen molar-refractivity contribution in [3.63, 3.8) is 0 Å². The fourth-order valence-electron chi connectivity index (χ4n) is 13.8. The van der Waals surface area contributed by atoms with Crippen molar-refractivity contribution in [3.05, 3.63) is 222 Å². The molecule has 0 radical (unpaired) electrons. The summed E-state index contributed by atoms with van der Waals surface area (Å²) in [6, 6.07) is 53.7. The Hall–Kier alpha value is -8.20. The van der Waals surface area contributed by atoms with Gasteiger partial charge in [0.05, 0.1) is 11.0 Å². The summed E-state index contributed by atoms with van der Waals surface area (Å²) >= 11 is 0. The average Bonchev–Trinajstić information content (AvgIpc) is 3.91. The number of aryl methyl sites for hydroxylation is 2. The van der Waals surface area contributed by atoms with Crippen molar-refractivity contribution in [2.45, 2.75) is 26.9 Å². The van der Waals surface area contributed by atoms with Crippen molar-refractivity contribution < 1.29 is 0 Å². The molecule has 0 aliphatic heterocycles. The lowest BCUT2D eigenvalue weighted by atomic mass is 9.63. The third kappa shape index (κ3) is 4.58. The fraction of sp³-hybridized carbons (Fsp3) is 0.0909. The quantitative estimate of drug-likeness (QED) is 0.156. The van der Waals surface area contributed by atoms with Gasteiger partial charge >= 0.3 is 0 Å². The van der Waals surface area contributed by atoms with Crippen LogP contribution in [0, 0.1) is 11.8 Å². The van der Waals surface area contributed by atoms with Crippen LogP contribution in [0.15, 0.2) is 217 Å². The van der Waals surface area contributed by atoms with Crippen LogP contribution in [0.1, 0.15) is 19.4 Å². The molecule has 0 saturated heterocycles. The van der Waals surface area contributed by atoms with Gasteiger partial charge in [-0.2, -0.15) is 0 Å². The van der Waals surface area contributed by atoms with Gasteiger partial charge < -0.3 is 9.13 Å². The number of nitrogens with zero attached hydrogens (tertiary/aromatic N) is 2. The van der Waals surface area contributed by atoms with Gasteiger partial charge in [0.2, 0.25) is 0 Å². The number of hydrogen-bond acceptors (Lipinski definition) is 0. The highest BCUT2D eigenvalue weighted by Crippen LogP contribution is 2.53. The van der Waals surface area contributed by atoms with Gasteiger partial charge in [-0.05, 0) is 137 Å². The maximum atomic E-state index is 2.62. The summed E-state index contributed by atoms with van der Waals surface area (Å²) in [7, 11) is 0. The molecule has 2 heterocycles. The Morgan fingerprint density at radius 3 is 1.59 bits per heavy atom. The molecule has 16 rings (SSSR count). The third-order valence-corrected chi connectivity index (χ3v) is 16.6. The van der Waals surface area contributed by atoms with Gasteiger partial charge in [0.1, 0.15) is 0 Å². The highest BCUT2D eigenvalue weighted by atomic mass is 15.0. The Morgan fingerprint density at radius 1 is 0.382 bits per heavy atom. The standard InChI is InChI=1S/C66H44N2/c1-3-67-55-33-27-43(45-29-23-41-21-19-37-11-9-13-39-25-31-51(45)59(41)57(37)39)35-53(55)61-47-15-5-8-18-50(47)64-63(65(61)67)49-17-7-6-16-48(49)62-54-36-44(28-34-56(54)68(4-2)66(62)64)46-30-24-42-22-20-38-12-10-14-40-26-32-52(46)60(42)58(38)40/h5-36,57,59H,3-4H2,1-2H3. The van der Waals surface area contributed by atoms with E-state index in [1.165, 1.54) is 153 Å². The van der Waals surface area contributed by atoms with Gasteiger partial charge in [-0.25, -0.2) is 0 Å². The monoisotopic (exact) mass is 864 g/mol. The molecule has 318 valence electrons. The van der Waals surface area contributed by atoms with E-state index in [9.17, 15) is 0 Å². The third-order valence-electron chi connectivity index (χ3n) is 16.6. The van der Waals surface area contributed by atoms with Crippen LogP contribution in [0.25, 0.3) is 125 Å². The zero-order valence-electron chi connectivity index (χ0n) is 37.9. The summed E-state index contributed by atoms with van der Waals surface area (Å²) in [4.78, 5) is 0. The number of benzene rings is 10. The van der Waals surface area contributed by atoms with E-state index in [-0.39, 0.29) is 0 Å². The smallest absolute Gasteiger partial charge is 0.0584 e. The molecule has 2 nitrogen and oxygen atoms in total. The summed E-state index contributed by atoms with van der Waals surface area (Å²) in [6.45, 7) is 6.37. The largest absolute Gasteiger partial charge is 0.340 e. The van der Waals surface area contributed by atoms with Crippen LogP contribution in [0.2, 0.25) is 0 Å². The zero-order chi connectivity index (χ0) is 44.5. The normalized spacial score (nSPS) is 17.7. The summed E-state index contributed by atoms with van der Waals surface area (Å²) in [5.41, 5.74) is 16.1. The van der Waals surface area contributed by atoms with Crippen molar-refractivity contribution in [2.24, 2.45) is 11.8 Å². The summed E-state index contributed by atoms with van der Waals surface area (Å²) in [5.74, 6) is 0.716. The minimum atomic E-state index is 0.338.